The number of halogens is 1. The highest BCUT2D eigenvalue weighted by Gasteiger charge is 2.18. The molecule has 6 heteroatoms. The van der Waals surface area contributed by atoms with Gasteiger partial charge < -0.3 is 10.4 Å². The summed E-state index contributed by atoms with van der Waals surface area (Å²) in [5, 5.41) is 12.3. The molecule has 0 aliphatic rings. The van der Waals surface area contributed by atoms with Crippen molar-refractivity contribution in [2.75, 3.05) is 20.1 Å². The predicted molar refractivity (Wildman–Crippen MR) is 77.9 cm³/mol. The van der Waals surface area contributed by atoms with Crippen LogP contribution in [0.25, 0.3) is 0 Å². The van der Waals surface area contributed by atoms with Gasteiger partial charge in [-0.1, -0.05) is 23.7 Å². The van der Waals surface area contributed by atoms with E-state index < -0.39 is 12.0 Å². The zero-order valence-electron chi connectivity index (χ0n) is 11.6. The van der Waals surface area contributed by atoms with E-state index in [1.807, 2.05) is 18.2 Å². The summed E-state index contributed by atoms with van der Waals surface area (Å²) in [5.74, 6) is -1.14. The Kier molecular flexibility index (Phi) is 6.48. The van der Waals surface area contributed by atoms with Crippen LogP contribution in [0.2, 0.25) is 5.02 Å². The Labute approximate surface area is 123 Å². The number of hydrogen-bond acceptors (Lipinski definition) is 3. The highest BCUT2D eigenvalue weighted by atomic mass is 35.5. The number of carboxylic acid groups (broad SMARTS) is 1. The Morgan fingerprint density at radius 1 is 1.45 bits per heavy atom. The third kappa shape index (κ3) is 5.59. The maximum Gasteiger partial charge on any atom is 0.320 e. The van der Waals surface area contributed by atoms with Crippen LogP contribution in [-0.2, 0) is 16.0 Å². The first-order chi connectivity index (χ1) is 9.40. The Bertz CT molecular complexity index is 479. The summed E-state index contributed by atoms with van der Waals surface area (Å²) in [6.45, 7) is 2.10. The lowest BCUT2D eigenvalue weighted by atomic mass is 10.1. The number of rotatable bonds is 7. The van der Waals surface area contributed by atoms with Crippen molar-refractivity contribution in [3.63, 3.8) is 0 Å². The number of carbonyl (C=O) groups is 2. The molecule has 0 saturated carbocycles. The molecule has 1 aromatic carbocycles. The topological polar surface area (TPSA) is 69.6 Å². The summed E-state index contributed by atoms with van der Waals surface area (Å²) in [5.41, 5.74) is 1.05. The maximum atomic E-state index is 11.7. The van der Waals surface area contributed by atoms with Crippen LogP contribution >= 0.6 is 11.6 Å². The van der Waals surface area contributed by atoms with Crippen molar-refractivity contribution in [3.05, 3.63) is 34.9 Å². The molecule has 1 rings (SSSR count). The molecule has 5 nitrogen and oxygen atoms in total. The molecule has 2 N–H and O–H groups in total. The largest absolute Gasteiger partial charge is 0.480 e. The monoisotopic (exact) mass is 298 g/mol. The fourth-order valence-corrected chi connectivity index (χ4v) is 1.86. The lowest BCUT2D eigenvalue weighted by Gasteiger charge is -2.20. The molecule has 0 radical (unpaired) electrons. The van der Waals surface area contributed by atoms with Gasteiger partial charge in [0.1, 0.15) is 6.04 Å². The van der Waals surface area contributed by atoms with Gasteiger partial charge >= 0.3 is 5.97 Å². The molecule has 0 heterocycles. The van der Waals surface area contributed by atoms with Gasteiger partial charge in [-0.05, 0) is 38.1 Å². The van der Waals surface area contributed by atoms with E-state index in [1.165, 1.54) is 4.90 Å². The molecule has 1 unspecified atom stereocenters. The summed E-state index contributed by atoms with van der Waals surface area (Å²) < 4.78 is 0. The normalized spacial score (nSPS) is 12.2. The predicted octanol–water partition coefficient (Wildman–Crippen LogP) is 1.40. The van der Waals surface area contributed by atoms with E-state index in [9.17, 15) is 9.59 Å². The van der Waals surface area contributed by atoms with E-state index in [1.54, 1.807) is 20.0 Å². The number of benzene rings is 1. The first-order valence-corrected chi connectivity index (χ1v) is 6.72. The van der Waals surface area contributed by atoms with Crippen molar-refractivity contribution in [3.8, 4) is 0 Å². The minimum Gasteiger partial charge on any atom is -0.480 e. The van der Waals surface area contributed by atoms with Crippen molar-refractivity contribution >= 4 is 23.5 Å². The minimum absolute atomic E-state index is 0.0585. The number of hydrogen-bond donors (Lipinski definition) is 2. The molecular formula is C14H19ClN2O3. The Hall–Kier alpha value is -1.59. The zero-order chi connectivity index (χ0) is 15.1. The second kappa shape index (κ2) is 7.87. The number of aliphatic carboxylic acids is 1. The van der Waals surface area contributed by atoms with Crippen molar-refractivity contribution in [1.82, 2.24) is 10.2 Å². The molecule has 0 saturated heterocycles. The lowest BCUT2D eigenvalue weighted by Crippen LogP contribution is -2.43. The van der Waals surface area contributed by atoms with E-state index in [-0.39, 0.29) is 12.5 Å². The number of carboxylic acids is 1. The number of likely N-dealkylation sites (N-methyl/N-ethyl adjacent to an activating group) is 1. The average molecular weight is 299 g/mol. The molecule has 1 aromatic rings. The maximum absolute atomic E-state index is 11.7. The standard InChI is InChI=1S/C14H19ClN2O3/c1-10(14(19)20)17(2)9-13(18)16-7-6-11-4-3-5-12(15)8-11/h3-5,8,10H,6-7,9H2,1-2H3,(H,16,18)(H,19,20). The van der Waals surface area contributed by atoms with Crippen LogP contribution in [0, 0.1) is 0 Å². The van der Waals surface area contributed by atoms with Crippen LogP contribution < -0.4 is 5.32 Å². The van der Waals surface area contributed by atoms with Crippen molar-refractivity contribution in [1.29, 1.82) is 0 Å². The average Bonchev–Trinajstić information content (AvgIpc) is 2.37. The van der Waals surface area contributed by atoms with Crippen LogP contribution in [0.3, 0.4) is 0 Å². The molecule has 0 spiro atoms. The van der Waals surface area contributed by atoms with Gasteiger partial charge in [0.2, 0.25) is 5.91 Å². The van der Waals surface area contributed by atoms with E-state index in [4.69, 9.17) is 16.7 Å². The Morgan fingerprint density at radius 2 is 2.15 bits per heavy atom. The molecule has 1 atom stereocenters. The highest BCUT2D eigenvalue weighted by molar-refractivity contribution is 6.30. The lowest BCUT2D eigenvalue weighted by molar-refractivity contribution is -0.142. The molecule has 0 bridgehead atoms. The zero-order valence-corrected chi connectivity index (χ0v) is 12.4. The second-order valence-electron chi connectivity index (χ2n) is 4.66. The van der Waals surface area contributed by atoms with Gasteiger partial charge in [0.15, 0.2) is 0 Å². The van der Waals surface area contributed by atoms with E-state index >= 15 is 0 Å². The van der Waals surface area contributed by atoms with Gasteiger partial charge in [0, 0.05) is 11.6 Å². The summed E-state index contributed by atoms with van der Waals surface area (Å²) in [7, 11) is 1.61. The molecule has 0 aromatic heterocycles. The van der Waals surface area contributed by atoms with Gasteiger partial charge in [0.25, 0.3) is 0 Å². The van der Waals surface area contributed by atoms with Crippen molar-refractivity contribution in [2.45, 2.75) is 19.4 Å². The molecule has 20 heavy (non-hydrogen) atoms. The van der Waals surface area contributed by atoms with Crippen LogP contribution in [0.1, 0.15) is 12.5 Å². The van der Waals surface area contributed by atoms with Gasteiger partial charge in [-0.3, -0.25) is 14.5 Å². The number of nitrogens with zero attached hydrogens (tertiary/aromatic N) is 1. The molecule has 0 fully saturated rings. The second-order valence-corrected chi connectivity index (χ2v) is 5.10. The molecule has 1 amide bonds. The van der Waals surface area contributed by atoms with E-state index in [0.29, 0.717) is 18.0 Å². The first-order valence-electron chi connectivity index (χ1n) is 6.34. The number of nitrogens with one attached hydrogen (secondary N) is 1. The summed E-state index contributed by atoms with van der Waals surface area (Å²) in [4.78, 5) is 23.9. The first kappa shape index (κ1) is 16.5. The van der Waals surface area contributed by atoms with E-state index in [2.05, 4.69) is 5.32 Å². The molecule has 110 valence electrons. The van der Waals surface area contributed by atoms with Gasteiger partial charge in [-0.15, -0.1) is 0 Å². The van der Waals surface area contributed by atoms with Gasteiger partial charge in [0.05, 0.1) is 6.54 Å². The third-order valence-corrected chi connectivity index (χ3v) is 3.27. The number of amides is 1. The Morgan fingerprint density at radius 3 is 2.75 bits per heavy atom. The highest BCUT2D eigenvalue weighted by Crippen LogP contribution is 2.10. The molecule has 0 aliphatic heterocycles. The summed E-state index contributed by atoms with van der Waals surface area (Å²) >= 11 is 5.87. The molecular weight excluding hydrogens is 280 g/mol. The van der Waals surface area contributed by atoms with E-state index in [0.717, 1.165) is 5.56 Å². The van der Waals surface area contributed by atoms with Crippen LogP contribution in [0.15, 0.2) is 24.3 Å². The molecule has 0 aliphatic carbocycles. The van der Waals surface area contributed by atoms with Crippen molar-refractivity contribution < 1.29 is 14.7 Å². The Balaban J connectivity index is 2.32. The summed E-state index contributed by atoms with van der Waals surface area (Å²) in [6.07, 6.45) is 0.685. The third-order valence-electron chi connectivity index (χ3n) is 3.04. The SMILES string of the molecule is CC(C(=O)O)N(C)CC(=O)NCCc1cccc(Cl)c1. The van der Waals surface area contributed by atoms with Crippen LogP contribution in [0.4, 0.5) is 0 Å². The number of carbonyl (C=O) groups excluding carboxylic acids is 1. The van der Waals surface area contributed by atoms with Crippen LogP contribution in [0.5, 0.6) is 0 Å². The minimum atomic E-state index is -0.945. The van der Waals surface area contributed by atoms with Crippen LogP contribution in [-0.4, -0.2) is 48.1 Å². The van der Waals surface area contributed by atoms with Gasteiger partial charge in [-0.25, -0.2) is 0 Å². The van der Waals surface area contributed by atoms with Crippen molar-refractivity contribution in [2.24, 2.45) is 0 Å². The fraction of sp³-hybridized carbons (Fsp3) is 0.429. The van der Waals surface area contributed by atoms with Gasteiger partial charge in [-0.2, -0.15) is 0 Å². The quantitative estimate of drug-likeness (QED) is 0.798. The smallest absolute Gasteiger partial charge is 0.320 e. The fourth-order valence-electron chi connectivity index (χ4n) is 1.65. The summed E-state index contributed by atoms with van der Waals surface area (Å²) in [6, 6.07) is 6.77.